The molecule has 1 aliphatic rings. The van der Waals surface area contributed by atoms with Crippen molar-refractivity contribution in [1.82, 2.24) is 14.2 Å². The molecule has 2 aromatic carbocycles. The van der Waals surface area contributed by atoms with Gasteiger partial charge in [0.15, 0.2) is 5.69 Å². The molecule has 0 saturated carbocycles. The van der Waals surface area contributed by atoms with Crippen molar-refractivity contribution in [2.24, 2.45) is 0 Å². The second-order valence-corrected chi connectivity index (χ2v) is 9.66. The summed E-state index contributed by atoms with van der Waals surface area (Å²) >= 11 is 0. The lowest BCUT2D eigenvalue weighted by Gasteiger charge is -2.34. The number of aromatic nitrogens is 1. The highest BCUT2D eigenvalue weighted by molar-refractivity contribution is 7.89. The maximum atomic E-state index is 13.1. The Morgan fingerprint density at radius 2 is 1.65 bits per heavy atom. The van der Waals surface area contributed by atoms with E-state index in [4.69, 9.17) is 4.42 Å². The summed E-state index contributed by atoms with van der Waals surface area (Å²) in [5.74, 6) is 0.610. The SMILES string of the molecule is Cc1ccc(C)c(S(=O)(=O)N2CCN(C(=O)c3nc(-c4ccccc4)oc3C)CC2)c1. The molecule has 162 valence electrons. The van der Waals surface area contributed by atoms with E-state index in [2.05, 4.69) is 4.98 Å². The Balaban J connectivity index is 1.48. The van der Waals surface area contributed by atoms with E-state index in [0.717, 1.165) is 16.7 Å². The van der Waals surface area contributed by atoms with Gasteiger partial charge in [0.2, 0.25) is 15.9 Å². The molecular formula is C23H25N3O4S. The highest BCUT2D eigenvalue weighted by Crippen LogP contribution is 2.25. The molecule has 0 spiro atoms. The normalized spacial score (nSPS) is 15.3. The number of aryl methyl sites for hydroxylation is 3. The summed E-state index contributed by atoms with van der Waals surface area (Å²) in [4.78, 5) is 19.4. The van der Waals surface area contributed by atoms with Crippen LogP contribution in [0.4, 0.5) is 0 Å². The van der Waals surface area contributed by atoms with Crippen LogP contribution in [0, 0.1) is 20.8 Å². The summed E-state index contributed by atoms with van der Waals surface area (Å²) in [6.07, 6.45) is 0. The monoisotopic (exact) mass is 439 g/mol. The van der Waals surface area contributed by atoms with Gasteiger partial charge in [0, 0.05) is 31.7 Å². The Kier molecular flexibility index (Phi) is 5.68. The van der Waals surface area contributed by atoms with Crippen molar-refractivity contribution in [3.05, 3.63) is 71.1 Å². The molecule has 31 heavy (non-hydrogen) atoms. The Bertz CT molecular complexity index is 1210. The third-order valence-corrected chi connectivity index (χ3v) is 7.55. The second-order valence-electron chi connectivity index (χ2n) is 7.76. The predicted molar refractivity (Wildman–Crippen MR) is 117 cm³/mol. The molecule has 3 aromatic rings. The molecule has 1 amide bonds. The highest BCUT2D eigenvalue weighted by atomic mass is 32.2. The van der Waals surface area contributed by atoms with Crippen LogP contribution in [0.3, 0.4) is 0 Å². The van der Waals surface area contributed by atoms with E-state index in [9.17, 15) is 13.2 Å². The van der Waals surface area contributed by atoms with Crippen molar-refractivity contribution in [3.8, 4) is 11.5 Å². The zero-order chi connectivity index (χ0) is 22.2. The average molecular weight is 440 g/mol. The van der Waals surface area contributed by atoms with Gasteiger partial charge in [-0.15, -0.1) is 0 Å². The van der Waals surface area contributed by atoms with Gasteiger partial charge >= 0.3 is 0 Å². The zero-order valence-corrected chi connectivity index (χ0v) is 18.6. The van der Waals surface area contributed by atoms with Crippen LogP contribution in [-0.4, -0.2) is 54.7 Å². The summed E-state index contributed by atoms with van der Waals surface area (Å²) in [5.41, 5.74) is 2.68. The molecule has 0 bridgehead atoms. The van der Waals surface area contributed by atoms with Gasteiger partial charge in [0.05, 0.1) is 4.90 Å². The first-order chi connectivity index (χ1) is 14.8. The van der Waals surface area contributed by atoms with Gasteiger partial charge < -0.3 is 9.32 Å². The second kappa shape index (κ2) is 8.28. The molecule has 0 atom stereocenters. The Morgan fingerprint density at radius 3 is 2.32 bits per heavy atom. The molecule has 1 fully saturated rings. The van der Waals surface area contributed by atoms with Crippen molar-refractivity contribution >= 4 is 15.9 Å². The number of carbonyl (C=O) groups is 1. The smallest absolute Gasteiger partial charge is 0.276 e. The third kappa shape index (κ3) is 4.13. The van der Waals surface area contributed by atoms with E-state index < -0.39 is 10.0 Å². The van der Waals surface area contributed by atoms with Crippen molar-refractivity contribution in [2.75, 3.05) is 26.2 Å². The number of carbonyl (C=O) groups excluding carboxylic acids is 1. The largest absolute Gasteiger partial charge is 0.441 e. The number of oxazole rings is 1. The van der Waals surface area contributed by atoms with Crippen molar-refractivity contribution in [1.29, 1.82) is 0 Å². The van der Waals surface area contributed by atoms with Crippen LogP contribution in [-0.2, 0) is 10.0 Å². The fourth-order valence-corrected chi connectivity index (χ4v) is 5.44. The van der Waals surface area contributed by atoms with E-state index in [1.165, 1.54) is 4.31 Å². The van der Waals surface area contributed by atoms with E-state index in [1.807, 2.05) is 49.4 Å². The first-order valence-electron chi connectivity index (χ1n) is 10.2. The van der Waals surface area contributed by atoms with Crippen molar-refractivity contribution < 1.29 is 17.6 Å². The topological polar surface area (TPSA) is 83.7 Å². The number of piperazine rings is 1. The molecule has 0 unspecified atom stereocenters. The molecular weight excluding hydrogens is 414 g/mol. The number of rotatable bonds is 4. The van der Waals surface area contributed by atoms with Gasteiger partial charge in [-0.3, -0.25) is 4.79 Å². The predicted octanol–water partition coefficient (Wildman–Crippen LogP) is 3.41. The minimum atomic E-state index is -3.61. The number of hydrogen-bond donors (Lipinski definition) is 0. The van der Waals surface area contributed by atoms with E-state index in [-0.39, 0.29) is 24.7 Å². The molecule has 0 radical (unpaired) electrons. The van der Waals surface area contributed by atoms with Crippen LogP contribution < -0.4 is 0 Å². The molecule has 2 heterocycles. The first-order valence-corrected chi connectivity index (χ1v) is 11.6. The highest BCUT2D eigenvalue weighted by Gasteiger charge is 2.32. The van der Waals surface area contributed by atoms with E-state index >= 15 is 0 Å². The van der Waals surface area contributed by atoms with Gasteiger partial charge in [0.25, 0.3) is 5.91 Å². The van der Waals surface area contributed by atoms with Gasteiger partial charge in [0.1, 0.15) is 5.76 Å². The Morgan fingerprint density at radius 1 is 0.968 bits per heavy atom. The lowest BCUT2D eigenvalue weighted by Crippen LogP contribution is -2.50. The zero-order valence-electron chi connectivity index (χ0n) is 17.8. The number of amides is 1. The molecule has 0 aliphatic carbocycles. The van der Waals surface area contributed by atoms with E-state index in [1.54, 1.807) is 24.8 Å². The summed E-state index contributed by atoms with van der Waals surface area (Å²) in [7, 11) is -3.61. The van der Waals surface area contributed by atoms with Crippen LogP contribution in [0.1, 0.15) is 27.4 Å². The number of nitrogens with zero attached hydrogens (tertiary/aromatic N) is 3. The minimum Gasteiger partial charge on any atom is -0.441 e. The molecule has 4 rings (SSSR count). The van der Waals surface area contributed by atoms with Crippen LogP contribution >= 0.6 is 0 Å². The van der Waals surface area contributed by atoms with Gasteiger partial charge in [-0.1, -0.05) is 30.3 Å². The van der Waals surface area contributed by atoms with Crippen LogP contribution in [0.25, 0.3) is 11.5 Å². The summed E-state index contributed by atoms with van der Waals surface area (Å²) < 4.78 is 33.4. The Labute approximate surface area is 182 Å². The van der Waals surface area contributed by atoms with Crippen LogP contribution in [0.5, 0.6) is 0 Å². The number of benzene rings is 2. The van der Waals surface area contributed by atoms with Crippen molar-refractivity contribution in [2.45, 2.75) is 25.7 Å². The van der Waals surface area contributed by atoms with Crippen molar-refractivity contribution in [3.63, 3.8) is 0 Å². The maximum Gasteiger partial charge on any atom is 0.276 e. The van der Waals surface area contributed by atoms with Crippen LogP contribution in [0.15, 0.2) is 57.8 Å². The fourth-order valence-electron chi connectivity index (χ4n) is 3.70. The van der Waals surface area contributed by atoms with Gasteiger partial charge in [-0.2, -0.15) is 4.31 Å². The molecule has 1 aliphatic heterocycles. The number of sulfonamides is 1. The molecule has 0 N–H and O–H groups in total. The van der Waals surface area contributed by atoms with Gasteiger partial charge in [-0.05, 0) is 50.1 Å². The molecule has 8 heteroatoms. The van der Waals surface area contributed by atoms with Gasteiger partial charge in [-0.25, -0.2) is 13.4 Å². The lowest BCUT2D eigenvalue weighted by molar-refractivity contribution is 0.0691. The lowest BCUT2D eigenvalue weighted by atomic mass is 10.2. The summed E-state index contributed by atoms with van der Waals surface area (Å²) in [6.45, 7) is 6.47. The average Bonchev–Trinajstić information content (AvgIpc) is 3.17. The van der Waals surface area contributed by atoms with E-state index in [0.29, 0.717) is 29.6 Å². The standard InChI is InChI=1S/C23H25N3O4S/c1-16-9-10-17(2)20(15-16)31(28,29)26-13-11-25(12-14-26)23(27)21-18(3)30-22(24-21)19-7-5-4-6-8-19/h4-10,15H,11-14H2,1-3H3. The first kappa shape index (κ1) is 21.3. The molecule has 1 saturated heterocycles. The summed E-state index contributed by atoms with van der Waals surface area (Å²) in [5, 5.41) is 0. The molecule has 7 nitrogen and oxygen atoms in total. The van der Waals surface area contributed by atoms with Crippen LogP contribution in [0.2, 0.25) is 0 Å². The Hall–Kier alpha value is -2.97. The fraction of sp³-hybridized carbons (Fsp3) is 0.304. The minimum absolute atomic E-state index is 0.240. The maximum absolute atomic E-state index is 13.1. The third-order valence-electron chi connectivity index (χ3n) is 5.51. The molecule has 1 aromatic heterocycles. The quantitative estimate of drug-likeness (QED) is 0.622. The number of hydrogen-bond acceptors (Lipinski definition) is 5. The summed E-state index contributed by atoms with van der Waals surface area (Å²) in [6, 6.07) is 14.8.